The number of rotatable bonds is 7. The highest BCUT2D eigenvalue weighted by Crippen LogP contribution is 2.22. The summed E-state index contributed by atoms with van der Waals surface area (Å²) < 4.78 is 32.0. The van der Waals surface area contributed by atoms with Gasteiger partial charge in [0.1, 0.15) is 10.7 Å². The number of nitrogens with zero attached hydrogens (tertiary/aromatic N) is 2. The molecule has 6 nitrogen and oxygen atoms in total. The highest BCUT2D eigenvalue weighted by molar-refractivity contribution is 7.89. The number of hydrogen-bond donors (Lipinski definition) is 1. The van der Waals surface area contributed by atoms with Crippen LogP contribution in [0.15, 0.2) is 47.5 Å². The molecule has 1 aliphatic heterocycles. The van der Waals surface area contributed by atoms with E-state index in [0.717, 1.165) is 6.42 Å². The number of hydrogen-bond acceptors (Lipinski definition) is 5. The van der Waals surface area contributed by atoms with Crippen LogP contribution in [-0.2, 0) is 21.2 Å². The molecule has 1 aromatic heterocycles. The lowest BCUT2D eigenvalue weighted by atomic mass is 10.00. The van der Waals surface area contributed by atoms with E-state index in [4.69, 9.17) is 4.74 Å². The second kappa shape index (κ2) is 9.03. The van der Waals surface area contributed by atoms with E-state index < -0.39 is 10.0 Å². The minimum absolute atomic E-state index is 0.0716. The van der Waals surface area contributed by atoms with Crippen molar-refractivity contribution in [3.05, 3.63) is 53.7 Å². The SMILES string of the molecule is CC(C)Cc1ccc([C@H](C)Nc2ccc(S(=O)(=O)N3CCOCC3)cn2)cc1. The summed E-state index contributed by atoms with van der Waals surface area (Å²) in [6.45, 7) is 8.12. The Labute approximate surface area is 168 Å². The maximum Gasteiger partial charge on any atom is 0.244 e. The summed E-state index contributed by atoms with van der Waals surface area (Å²) in [5.74, 6) is 1.29. The average molecular weight is 404 g/mol. The number of nitrogens with one attached hydrogen (secondary N) is 1. The van der Waals surface area contributed by atoms with Crippen LogP contribution in [0.4, 0.5) is 5.82 Å². The maximum atomic E-state index is 12.7. The van der Waals surface area contributed by atoms with Crippen LogP contribution in [0.3, 0.4) is 0 Å². The van der Waals surface area contributed by atoms with Crippen molar-refractivity contribution in [3.8, 4) is 0 Å². The Kier molecular flexibility index (Phi) is 6.69. The molecule has 3 rings (SSSR count). The Bertz CT molecular complexity index is 859. The zero-order chi connectivity index (χ0) is 20.1. The van der Waals surface area contributed by atoms with Gasteiger partial charge < -0.3 is 10.1 Å². The molecular formula is C21H29N3O3S. The summed E-state index contributed by atoms with van der Waals surface area (Å²) >= 11 is 0. The Morgan fingerprint density at radius 3 is 2.32 bits per heavy atom. The molecule has 0 bridgehead atoms. The lowest BCUT2D eigenvalue weighted by Crippen LogP contribution is -2.40. The molecule has 1 N–H and O–H groups in total. The summed E-state index contributed by atoms with van der Waals surface area (Å²) in [5, 5.41) is 3.34. The number of aromatic nitrogens is 1. The van der Waals surface area contributed by atoms with Crippen molar-refractivity contribution in [2.45, 2.75) is 38.1 Å². The van der Waals surface area contributed by atoms with Crippen LogP contribution in [0.2, 0.25) is 0 Å². The van der Waals surface area contributed by atoms with Crippen LogP contribution in [0.1, 0.15) is 37.9 Å². The van der Waals surface area contributed by atoms with Crippen molar-refractivity contribution in [2.75, 3.05) is 31.6 Å². The Morgan fingerprint density at radius 2 is 1.75 bits per heavy atom. The Morgan fingerprint density at radius 1 is 1.07 bits per heavy atom. The minimum Gasteiger partial charge on any atom is -0.379 e. The van der Waals surface area contributed by atoms with Crippen molar-refractivity contribution < 1.29 is 13.2 Å². The highest BCUT2D eigenvalue weighted by atomic mass is 32.2. The highest BCUT2D eigenvalue weighted by Gasteiger charge is 2.26. The monoisotopic (exact) mass is 403 g/mol. The molecule has 2 heterocycles. The van der Waals surface area contributed by atoms with Crippen LogP contribution in [0, 0.1) is 5.92 Å². The van der Waals surface area contributed by atoms with E-state index in [9.17, 15) is 8.42 Å². The van der Waals surface area contributed by atoms with Gasteiger partial charge in [0.25, 0.3) is 0 Å². The number of morpholine rings is 1. The van der Waals surface area contributed by atoms with Crippen LogP contribution in [-0.4, -0.2) is 44.0 Å². The normalized spacial score (nSPS) is 16.9. The standard InChI is InChI=1S/C21H29N3O3S/c1-16(2)14-18-4-6-19(7-5-18)17(3)23-21-9-8-20(15-22-21)28(25,26)24-10-12-27-13-11-24/h4-9,15-17H,10-14H2,1-3H3,(H,22,23)/t17-/m0/s1. The van der Waals surface area contributed by atoms with Crippen LogP contribution >= 0.6 is 0 Å². The topological polar surface area (TPSA) is 71.5 Å². The molecular weight excluding hydrogens is 374 g/mol. The summed E-state index contributed by atoms with van der Waals surface area (Å²) in [7, 11) is -3.51. The third-order valence-corrected chi connectivity index (χ3v) is 6.71. The molecule has 0 unspecified atom stereocenters. The van der Waals surface area contributed by atoms with Gasteiger partial charge in [0.15, 0.2) is 0 Å². The lowest BCUT2D eigenvalue weighted by Gasteiger charge is -2.26. The minimum atomic E-state index is -3.51. The van der Waals surface area contributed by atoms with E-state index in [0.29, 0.717) is 38.0 Å². The zero-order valence-corrected chi connectivity index (χ0v) is 17.6. The number of benzene rings is 1. The first-order valence-corrected chi connectivity index (χ1v) is 11.2. The van der Waals surface area contributed by atoms with Crippen LogP contribution in [0.25, 0.3) is 0 Å². The third kappa shape index (κ3) is 5.10. The predicted molar refractivity (Wildman–Crippen MR) is 111 cm³/mol. The molecule has 1 fully saturated rings. The van der Waals surface area contributed by atoms with Crippen molar-refractivity contribution in [1.29, 1.82) is 0 Å². The van der Waals surface area contributed by atoms with Gasteiger partial charge in [0.2, 0.25) is 10.0 Å². The van der Waals surface area contributed by atoms with Crippen molar-refractivity contribution in [2.24, 2.45) is 5.92 Å². The Balaban J connectivity index is 1.65. The molecule has 1 aliphatic rings. The predicted octanol–water partition coefficient (Wildman–Crippen LogP) is 3.47. The fraction of sp³-hybridized carbons (Fsp3) is 0.476. The third-order valence-electron chi connectivity index (χ3n) is 4.83. The summed E-state index contributed by atoms with van der Waals surface area (Å²) in [4.78, 5) is 4.53. The molecule has 1 aromatic carbocycles. The fourth-order valence-electron chi connectivity index (χ4n) is 3.27. The summed E-state index contributed by atoms with van der Waals surface area (Å²) in [6.07, 6.45) is 2.49. The molecule has 0 radical (unpaired) electrons. The molecule has 0 aliphatic carbocycles. The van der Waals surface area contributed by atoms with E-state index in [-0.39, 0.29) is 10.9 Å². The van der Waals surface area contributed by atoms with E-state index >= 15 is 0 Å². The molecule has 1 atom stereocenters. The molecule has 152 valence electrons. The fourth-order valence-corrected chi connectivity index (χ4v) is 4.63. The first-order chi connectivity index (χ1) is 13.4. The van der Waals surface area contributed by atoms with Crippen LogP contribution < -0.4 is 5.32 Å². The maximum absolute atomic E-state index is 12.7. The molecule has 7 heteroatoms. The number of anilines is 1. The zero-order valence-electron chi connectivity index (χ0n) is 16.8. The van der Waals surface area contributed by atoms with Crippen molar-refractivity contribution in [3.63, 3.8) is 0 Å². The first-order valence-electron chi connectivity index (χ1n) is 9.75. The van der Waals surface area contributed by atoms with E-state index in [2.05, 4.69) is 55.3 Å². The van der Waals surface area contributed by atoms with Gasteiger partial charge in [-0.05, 0) is 42.5 Å². The average Bonchev–Trinajstić information content (AvgIpc) is 2.69. The Hall–Kier alpha value is -1.96. The molecule has 0 amide bonds. The second-order valence-electron chi connectivity index (χ2n) is 7.60. The van der Waals surface area contributed by atoms with Crippen LogP contribution in [0.5, 0.6) is 0 Å². The lowest BCUT2D eigenvalue weighted by molar-refractivity contribution is 0.0730. The van der Waals surface area contributed by atoms with Gasteiger partial charge >= 0.3 is 0 Å². The number of sulfonamides is 1. The smallest absolute Gasteiger partial charge is 0.244 e. The van der Waals surface area contributed by atoms with Gasteiger partial charge in [-0.15, -0.1) is 0 Å². The van der Waals surface area contributed by atoms with Gasteiger partial charge in [0.05, 0.1) is 13.2 Å². The summed E-state index contributed by atoms with van der Waals surface area (Å²) in [5.41, 5.74) is 2.50. The quantitative estimate of drug-likeness (QED) is 0.766. The molecule has 28 heavy (non-hydrogen) atoms. The molecule has 0 saturated carbocycles. The van der Waals surface area contributed by atoms with Crippen molar-refractivity contribution in [1.82, 2.24) is 9.29 Å². The van der Waals surface area contributed by atoms with Gasteiger partial charge in [-0.25, -0.2) is 13.4 Å². The second-order valence-corrected chi connectivity index (χ2v) is 9.54. The number of ether oxygens (including phenoxy) is 1. The van der Waals surface area contributed by atoms with E-state index in [1.54, 1.807) is 12.1 Å². The first kappa shape index (κ1) is 20.8. The van der Waals surface area contributed by atoms with Gasteiger partial charge in [-0.1, -0.05) is 38.1 Å². The van der Waals surface area contributed by atoms with Gasteiger partial charge in [0, 0.05) is 25.3 Å². The van der Waals surface area contributed by atoms with Gasteiger partial charge in [-0.3, -0.25) is 0 Å². The molecule has 0 spiro atoms. The van der Waals surface area contributed by atoms with Crippen molar-refractivity contribution >= 4 is 15.8 Å². The molecule has 1 saturated heterocycles. The molecule has 2 aromatic rings. The summed E-state index contributed by atoms with van der Waals surface area (Å²) in [6, 6.07) is 12.0. The van der Waals surface area contributed by atoms with E-state index in [1.807, 2.05) is 0 Å². The van der Waals surface area contributed by atoms with E-state index in [1.165, 1.54) is 21.6 Å². The van der Waals surface area contributed by atoms with Gasteiger partial charge in [-0.2, -0.15) is 4.31 Å². The largest absolute Gasteiger partial charge is 0.379 e. The number of pyridine rings is 1.